The van der Waals surface area contributed by atoms with Gasteiger partial charge in [0.25, 0.3) is 0 Å². The second-order valence-corrected chi connectivity index (χ2v) is 6.84. The molecule has 2 aliphatic rings. The van der Waals surface area contributed by atoms with E-state index in [0.717, 1.165) is 25.7 Å². The average molecular weight is 268 g/mol. The molecule has 2 unspecified atom stereocenters. The van der Waals surface area contributed by atoms with Crippen LogP contribution in [-0.4, -0.2) is 35.6 Å². The molecule has 5 nitrogen and oxygen atoms in total. The van der Waals surface area contributed by atoms with Crippen LogP contribution >= 0.6 is 0 Å². The summed E-state index contributed by atoms with van der Waals surface area (Å²) in [5, 5.41) is 0. The molecule has 2 N–H and O–H groups in total. The van der Waals surface area contributed by atoms with Crippen LogP contribution in [0.25, 0.3) is 0 Å². The number of likely N-dealkylation sites (tertiary alicyclic amines) is 1. The van der Waals surface area contributed by atoms with E-state index >= 15 is 0 Å². The molecule has 2 rings (SSSR count). The zero-order valence-corrected chi connectivity index (χ0v) is 12.1. The molecule has 0 aromatic carbocycles. The number of ether oxygens (including phenoxy) is 1. The molecule has 2 atom stereocenters. The standard InChI is InChI=1S/C14H24N2O3/c1-13(2,3)19-12(18)16-7-4-5-14(6-8-16)9-10(14)11(15)17/h10H,4-9H2,1-3H3,(H2,15,17). The molecule has 108 valence electrons. The highest BCUT2D eigenvalue weighted by atomic mass is 16.6. The predicted molar refractivity (Wildman–Crippen MR) is 71.4 cm³/mol. The Balaban J connectivity index is 1.91. The molecule has 1 spiro atoms. The first-order valence-electron chi connectivity index (χ1n) is 7.01. The molecule has 19 heavy (non-hydrogen) atoms. The summed E-state index contributed by atoms with van der Waals surface area (Å²) in [4.78, 5) is 25.1. The molecule has 0 aromatic rings. The summed E-state index contributed by atoms with van der Waals surface area (Å²) in [6.45, 7) is 6.98. The van der Waals surface area contributed by atoms with Gasteiger partial charge in [-0.2, -0.15) is 0 Å². The van der Waals surface area contributed by atoms with Crippen LogP contribution in [0.4, 0.5) is 4.79 Å². The van der Waals surface area contributed by atoms with E-state index in [9.17, 15) is 9.59 Å². The van der Waals surface area contributed by atoms with E-state index in [-0.39, 0.29) is 23.3 Å². The molecule has 0 radical (unpaired) electrons. The summed E-state index contributed by atoms with van der Waals surface area (Å²) in [6.07, 6.45) is 3.41. The van der Waals surface area contributed by atoms with Crippen molar-refractivity contribution in [1.82, 2.24) is 4.90 Å². The van der Waals surface area contributed by atoms with Gasteiger partial charge in [0, 0.05) is 19.0 Å². The minimum atomic E-state index is -0.462. The molecule has 1 aliphatic carbocycles. The normalized spacial score (nSPS) is 30.9. The van der Waals surface area contributed by atoms with Crippen molar-refractivity contribution in [3.63, 3.8) is 0 Å². The monoisotopic (exact) mass is 268 g/mol. The Morgan fingerprint density at radius 1 is 1.26 bits per heavy atom. The molecule has 2 fully saturated rings. The van der Waals surface area contributed by atoms with Gasteiger partial charge in [-0.05, 0) is 51.9 Å². The van der Waals surface area contributed by atoms with Gasteiger partial charge >= 0.3 is 6.09 Å². The van der Waals surface area contributed by atoms with E-state index in [1.165, 1.54) is 0 Å². The number of carbonyl (C=O) groups is 2. The van der Waals surface area contributed by atoms with Crippen molar-refractivity contribution in [3.8, 4) is 0 Å². The van der Waals surface area contributed by atoms with Gasteiger partial charge in [0.15, 0.2) is 0 Å². The van der Waals surface area contributed by atoms with E-state index in [4.69, 9.17) is 10.5 Å². The van der Waals surface area contributed by atoms with Crippen LogP contribution in [0.15, 0.2) is 0 Å². The zero-order chi connectivity index (χ0) is 14.3. The van der Waals surface area contributed by atoms with E-state index in [0.29, 0.717) is 13.1 Å². The Hall–Kier alpha value is -1.26. The van der Waals surface area contributed by atoms with Gasteiger partial charge in [0.1, 0.15) is 5.60 Å². The van der Waals surface area contributed by atoms with Crippen molar-refractivity contribution in [2.75, 3.05) is 13.1 Å². The largest absolute Gasteiger partial charge is 0.444 e. The van der Waals surface area contributed by atoms with Crippen molar-refractivity contribution < 1.29 is 14.3 Å². The van der Waals surface area contributed by atoms with Crippen molar-refractivity contribution in [2.45, 2.75) is 52.1 Å². The van der Waals surface area contributed by atoms with E-state index in [1.807, 2.05) is 20.8 Å². The molecular formula is C14H24N2O3. The number of primary amides is 1. The maximum atomic E-state index is 12.0. The Morgan fingerprint density at radius 3 is 2.47 bits per heavy atom. The second-order valence-electron chi connectivity index (χ2n) is 6.84. The van der Waals surface area contributed by atoms with Gasteiger partial charge in [-0.15, -0.1) is 0 Å². The lowest BCUT2D eigenvalue weighted by Crippen LogP contribution is -2.37. The molecule has 0 aromatic heterocycles. The van der Waals surface area contributed by atoms with Crippen molar-refractivity contribution >= 4 is 12.0 Å². The number of rotatable bonds is 1. The molecule has 1 saturated heterocycles. The third-order valence-electron chi connectivity index (χ3n) is 4.17. The first-order chi connectivity index (χ1) is 8.73. The number of hydrogen-bond acceptors (Lipinski definition) is 3. The molecule has 1 aliphatic heterocycles. The Labute approximate surface area is 114 Å². The summed E-state index contributed by atoms with van der Waals surface area (Å²) >= 11 is 0. The number of amides is 2. The van der Waals surface area contributed by atoms with Crippen molar-refractivity contribution in [1.29, 1.82) is 0 Å². The predicted octanol–water partition coefficient (Wildman–Crippen LogP) is 1.90. The van der Waals surface area contributed by atoms with E-state index in [1.54, 1.807) is 4.90 Å². The summed E-state index contributed by atoms with van der Waals surface area (Å²) in [7, 11) is 0. The highest BCUT2D eigenvalue weighted by molar-refractivity contribution is 5.80. The van der Waals surface area contributed by atoms with Gasteiger partial charge < -0.3 is 15.4 Å². The Kier molecular flexibility index (Phi) is 3.49. The number of carbonyl (C=O) groups excluding carboxylic acids is 2. The van der Waals surface area contributed by atoms with Crippen molar-refractivity contribution in [3.05, 3.63) is 0 Å². The highest BCUT2D eigenvalue weighted by Crippen LogP contribution is 2.59. The fraction of sp³-hybridized carbons (Fsp3) is 0.857. The number of hydrogen-bond donors (Lipinski definition) is 1. The second kappa shape index (κ2) is 4.69. The molecule has 5 heteroatoms. The van der Waals surface area contributed by atoms with Gasteiger partial charge in [0.05, 0.1) is 0 Å². The maximum absolute atomic E-state index is 12.0. The smallest absolute Gasteiger partial charge is 0.410 e. The third kappa shape index (κ3) is 3.19. The van der Waals surface area contributed by atoms with E-state index in [2.05, 4.69) is 0 Å². The summed E-state index contributed by atoms with van der Waals surface area (Å²) in [5.41, 5.74) is 5.00. The van der Waals surface area contributed by atoms with Crippen LogP contribution in [0.1, 0.15) is 46.5 Å². The lowest BCUT2D eigenvalue weighted by molar-refractivity contribution is -0.120. The quantitative estimate of drug-likeness (QED) is 0.789. The van der Waals surface area contributed by atoms with Gasteiger partial charge in [0.2, 0.25) is 5.91 Å². The summed E-state index contributed by atoms with van der Waals surface area (Å²) in [5.74, 6) is -0.170. The van der Waals surface area contributed by atoms with E-state index < -0.39 is 5.60 Å². The first kappa shape index (κ1) is 14.2. The molecule has 1 saturated carbocycles. The number of nitrogens with zero attached hydrogens (tertiary/aromatic N) is 1. The lowest BCUT2D eigenvalue weighted by Gasteiger charge is -2.26. The highest BCUT2D eigenvalue weighted by Gasteiger charge is 2.57. The van der Waals surface area contributed by atoms with Crippen molar-refractivity contribution in [2.24, 2.45) is 17.1 Å². The maximum Gasteiger partial charge on any atom is 0.410 e. The van der Waals surface area contributed by atoms with Crippen LogP contribution < -0.4 is 5.73 Å². The van der Waals surface area contributed by atoms with Gasteiger partial charge in [-0.25, -0.2) is 4.79 Å². The minimum Gasteiger partial charge on any atom is -0.444 e. The fourth-order valence-corrected chi connectivity index (χ4v) is 3.03. The lowest BCUT2D eigenvalue weighted by atomic mass is 9.94. The summed E-state index contributed by atoms with van der Waals surface area (Å²) < 4.78 is 5.39. The van der Waals surface area contributed by atoms with Crippen LogP contribution in [-0.2, 0) is 9.53 Å². The average Bonchev–Trinajstić information content (AvgIpc) is 2.99. The molecule has 0 bridgehead atoms. The van der Waals surface area contributed by atoms with Crippen LogP contribution in [0.5, 0.6) is 0 Å². The third-order valence-corrected chi connectivity index (χ3v) is 4.17. The van der Waals surface area contributed by atoms with Crippen LogP contribution in [0.3, 0.4) is 0 Å². The molecule has 1 heterocycles. The first-order valence-corrected chi connectivity index (χ1v) is 7.01. The number of nitrogens with two attached hydrogens (primary N) is 1. The summed E-state index contributed by atoms with van der Waals surface area (Å²) in [6, 6.07) is 0. The van der Waals surface area contributed by atoms with Crippen LogP contribution in [0.2, 0.25) is 0 Å². The minimum absolute atomic E-state index is 0.0195. The zero-order valence-electron chi connectivity index (χ0n) is 12.1. The topological polar surface area (TPSA) is 72.6 Å². The van der Waals surface area contributed by atoms with Gasteiger partial charge in [-0.3, -0.25) is 4.79 Å². The van der Waals surface area contributed by atoms with Crippen LogP contribution in [0, 0.1) is 11.3 Å². The molecule has 2 amide bonds. The SMILES string of the molecule is CC(C)(C)OC(=O)N1CCCC2(CC1)CC2C(N)=O. The molecular weight excluding hydrogens is 244 g/mol. The fourth-order valence-electron chi connectivity index (χ4n) is 3.03. The Morgan fingerprint density at radius 2 is 1.95 bits per heavy atom. The van der Waals surface area contributed by atoms with Gasteiger partial charge in [-0.1, -0.05) is 0 Å². The Bertz CT molecular complexity index is 389.